The van der Waals surface area contributed by atoms with Crippen molar-refractivity contribution in [1.29, 1.82) is 0 Å². The Labute approximate surface area is 110 Å². The van der Waals surface area contributed by atoms with Crippen LogP contribution in [0, 0.1) is 0 Å². The molecule has 0 saturated carbocycles. The molecule has 0 fully saturated rings. The minimum Gasteiger partial charge on any atom is -0.478 e. The fourth-order valence-corrected chi connectivity index (χ4v) is 2.98. The van der Waals surface area contributed by atoms with Crippen molar-refractivity contribution in [3.05, 3.63) is 44.0 Å². The van der Waals surface area contributed by atoms with Gasteiger partial charge in [0, 0.05) is 26.0 Å². The van der Waals surface area contributed by atoms with Crippen LogP contribution in [0.2, 0.25) is 5.02 Å². The highest BCUT2D eigenvalue weighted by Gasteiger charge is 2.14. The number of aromatic carboxylic acids is 1. The first-order chi connectivity index (χ1) is 7.59. The number of rotatable bonds is 2. The molecule has 2 rings (SSSR count). The van der Waals surface area contributed by atoms with Gasteiger partial charge in [-0.3, -0.25) is 0 Å². The van der Waals surface area contributed by atoms with Crippen molar-refractivity contribution in [2.45, 2.75) is 0 Å². The van der Waals surface area contributed by atoms with Crippen molar-refractivity contribution in [2.24, 2.45) is 0 Å². The lowest BCUT2D eigenvalue weighted by molar-refractivity contribution is 0.0698. The molecule has 82 valence electrons. The molecule has 0 spiro atoms. The monoisotopic (exact) mass is 316 g/mol. The minimum absolute atomic E-state index is 0.286. The summed E-state index contributed by atoms with van der Waals surface area (Å²) < 4.78 is 0.869. The molecule has 0 atom stereocenters. The zero-order chi connectivity index (χ0) is 11.7. The molecule has 0 aliphatic heterocycles. The third-order valence-electron chi connectivity index (χ3n) is 2.11. The summed E-state index contributed by atoms with van der Waals surface area (Å²) in [5.74, 6) is -0.935. The minimum atomic E-state index is -0.935. The van der Waals surface area contributed by atoms with E-state index in [2.05, 4.69) is 15.9 Å². The van der Waals surface area contributed by atoms with Gasteiger partial charge in [0.2, 0.25) is 0 Å². The van der Waals surface area contributed by atoms with Gasteiger partial charge in [-0.1, -0.05) is 33.6 Å². The summed E-state index contributed by atoms with van der Waals surface area (Å²) in [4.78, 5) is 11.0. The second-order valence-corrected chi connectivity index (χ2v) is 5.19. The van der Waals surface area contributed by atoms with E-state index in [1.54, 1.807) is 22.9 Å². The maximum atomic E-state index is 11.0. The van der Waals surface area contributed by atoms with Crippen LogP contribution in [0.25, 0.3) is 11.1 Å². The first-order valence-electron chi connectivity index (χ1n) is 4.34. The topological polar surface area (TPSA) is 37.3 Å². The first kappa shape index (κ1) is 11.6. The molecular formula is C11H6BrClO2S. The van der Waals surface area contributed by atoms with Crippen LogP contribution >= 0.6 is 38.9 Å². The van der Waals surface area contributed by atoms with Crippen molar-refractivity contribution in [3.8, 4) is 11.1 Å². The van der Waals surface area contributed by atoms with Crippen molar-refractivity contribution in [1.82, 2.24) is 0 Å². The van der Waals surface area contributed by atoms with Gasteiger partial charge in [0.1, 0.15) is 0 Å². The van der Waals surface area contributed by atoms with E-state index in [1.165, 1.54) is 11.3 Å². The normalized spacial score (nSPS) is 10.4. The number of carboxylic acids is 1. The molecule has 5 heteroatoms. The molecule has 1 aromatic carbocycles. The second-order valence-electron chi connectivity index (χ2n) is 3.13. The van der Waals surface area contributed by atoms with Crippen LogP contribution in [-0.2, 0) is 0 Å². The summed E-state index contributed by atoms with van der Waals surface area (Å²) in [5.41, 5.74) is 1.69. The van der Waals surface area contributed by atoms with E-state index in [1.807, 2.05) is 6.07 Å². The number of halogens is 2. The molecule has 16 heavy (non-hydrogen) atoms. The van der Waals surface area contributed by atoms with Crippen LogP contribution in [0.3, 0.4) is 0 Å². The summed E-state index contributed by atoms with van der Waals surface area (Å²) >= 11 is 10.7. The Morgan fingerprint density at radius 2 is 2.06 bits per heavy atom. The van der Waals surface area contributed by atoms with Gasteiger partial charge in [0.15, 0.2) is 0 Å². The Morgan fingerprint density at radius 1 is 1.31 bits per heavy atom. The maximum absolute atomic E-state index is 11.0. The Balaban J connectivity index is 2.59. The average molecular weight is 318 g/mol. The van der Waals surface area contributed by atoms with Crippen LogP contribution in [0.1, 0.15) is 10.4 Å². The summed E-state index contributed by atoms with van der Waals surface area (Å²) in [5, 5.41) is 13.0. The molecule has 1 heterocycles. The fourth-order valence-electron chi connectivity index (χ4n) is 1.38. The predicted octanol–water partition coefficient (Wildman–Crippen LogP) is 4.53. The summed E-state index contributed by atoms with van der Waals surface area (Å²) in [7, 11) is 0. The van der Waals surface area contributed by atoms with Crippen molar-refractivity contribution in [3.63, 3.8) is 0 Å². The fraction of sp³-hybridized carbons (Fsp3) is 0. The molecular weight excluding hydrogens is 312 g/mol. The van der Waals surface area contributed by atoms with Crippen molar-refractivity contribution in [2.75, 3.05) is 0 Å². The number of benzene rings is 1. The molecule has 1 aromatic heterocycles. The van der Waals surface area contributed by atoms with E-state index in [-0.39, 0.29) is 5.56 Å². The average Bonchev–Trinajstić information content (AvgIpc) is 2.66. The number of carbonyl (C=O) groups is 1. The molecule has 0 aliphatic carbocycles. The number of hydrogen-bond acceptors (Lipinski definition) is 2. The van der Waals surface area contributed by atoms with Crippen LogP contribution in [-0.4, -0.2) is 11.1 Å². The largest absolute Gasteiger partial charge is 0.478 e. The molecule has 0 bridgehead atoms. The summed E-state index contributed by atoms with van der Waals surface area (Å²) in [6.07, 6.45) is 0. The number of carboxylic acid groups (broad SMARTS) is 1. The lowest BCUT2D eigenvalue weighted by Gasteiger charge is -2.04. The van der Waals surface area contributed by atoms with Gasteiger partial charge in [-0.2, -0.15) is 11.3 Å². The molecule has 0 amide bonds. The molecule has 0 aliphatic rings. The van der Waals surface area contributed by atoms with E-state index in [4.69, 9.17) is 16.7 Å². The van der Waals surface area contributed by atoms with Gasteiger partial charge in [-0.25, -0.2) is 4.79 Å². The predicted molar refractivity (Wildman–Crippen MR) is 69.4 cm³/mol. The van der Waals surface area contributed by atoms with Gasteiger partial charge in [-0.15, -0.1) is 0 Å². The van der Waals surface area contributed by atoms with Crippen LogP contribution < -0.4 is 0 Å². The first-order valence-corrected chi connectivity index (χ1v) is 6.46. The maximum Gasteiger partial charge on any atom is 0.337 e. The zero-order valence-electron chi connectivity index (χ0n) is 7.91. The third-order valence-corrected chi connectivity index (χ3v) is 3.66. The van der Waals surface area contributed by atoms with Crippen molar-refractivity contribution < 1.29 is 9.90 Å². The molecule has 0 saturated heterocycles. The van der Waals surface area contributed by atoms with Gasteiger partial charge in [0.25, 0.3) is 0 Å². The van der Waals surface area contributed by atoms with Crippen LogP contribution in [0.5, 0.6) is 0 Å². The molecule has 0 radical (unpaired) electrons. The molecule has 0 unspecified atom stereocenters. The lowest BCUT2D eigenvalue weighted by Crippen LogP contribution is -1.96. The van der Waals surface area contributed by atoms with E-state index in [9.17, 15) is 4.79 Å². The highest BCUT2D eigenvalue weighted by atomic mass is 79.9. The van der Waals surface area contributed by atoms with Crippen LogP contribution in [0.4, 0.5) is 0 Å². The Morgan fingerprint density at radius 3 is 2.69 bits per heavy atom. The quantitative estimate of drug-likeness (QED) is 0.883. The number of hydrogen-bond donors (Lipinski definition) is 1. The summed E-state index contributed by atoms with van der Waals surface area (Å²) in [6, 6.07) is 5.39. The summed E-state index contributed by atoms with van der Waals surface area (Å²) in [6.45, 7) is 0. The van der Waals surface area contributed by atoms with Crippen LogP contribution in [0.15, 0.2) is 33.4 Å². The Hall–Kier alpha value is -0.840. The lowest BCUT2D eigenvalue weighted by atomic mass is 10.1. The van der Waals surface area contributed by atoms with E-state index >= 15 is 0 Å². The Bertz CT molecular complexity index is 551. The van der Waals surface area contributed by atoms with Crippen molar-refractivity contribution >= 4 is 44.8 Å². The van der Waals surface area contributed by atoms with E-state index < -0.39 is 5.97 Å². The van der Waals surface area contributed by atoms with Gasteiger partial charge < -0.3 is 5.11 Å². The van der Waals surface area contributed by atoms with E-state index in [0.717, 1.165) is 10.0 Å². The number of thiophene rings is 1. The standard InChI is InChI=1S/C11H6BrClO2S/c12-6-1-2-7(10(13)3-6)8-4-16-5-9(8)11(14)15/h1-5H,(H,14,15). The Kier molecular flexibility index (Phi) is 3.33. The zero-order valence-corrected chi connectivity index (χ0v) is 11.1. The molecule has 2 nitrogen and oxygen atoms in total. The van der Waals surface area contributed by atoms with E-state index in [0.29, 0.717) is 10.6 Å². The smallest absolute Gasteiger partial charge is 0.337 e. The SMILES string of the molecule is O=C(O)c1cscc1-c1ccc(Br)cc1Cl. The van der Waals surface area contributed by atoms with Gasteiger partial charge in [-0.05, 0) is 17.5 Å². The molecule has 1 N–H and O–H groups in total. The highest BCUT2D eigenvalue weighted by Crippen LogP contribution is 2.34. The van der Waals surface area contributed by atoms with Gasteiger partial charge in [0.05, 0.1) is 5.56 Å². The third kappa shape index (κ3) is 2.14. The second kappa shape index (κ2) is 4.57. The highest BCUT2D eigenvalue weighted by molar-refractivity contribution is 9.10. The molecule has 2 aromatic rings. The van der Waals surface area contributed by atoms with Gasteiger partial charge >= 0.3 is 5.97 Å².